The molecule has 1 aliphatic heterocycles. The van der Waals surface area contributed by atoms with Crippen LogP contribution in [0.1, 0.15) is 77.3 Å². The first-order valence-electron chi connectivity index (χ1n) is 14.5. The number of fused-ring (bicyclic) bond motifs is 1. The quantitative estimate of drug-likeness (QED) is 0.277. The topological polar surface area (TPSA) is 99.7 Å². The standard InChI is InChI=1S/C33H35N3O4/c1-20-4-2-3-5-24(20)30-27(31(40-35-30)22-6-7-22)16-21-17-33(18-21)12-14-36(15-13-33)28-11-10-25-26(32(38)39)9-8-23(19-37)29(25)34-28/h2-5,8-11,21-22,37H,6-7,12-19H2,1H3,(H,38,39). The molecule has 1 saturated heterocycles. The number of carboxylic acids is 1. The number of aliphatic hydroxyl groups excluding tert-OH is 1. The van der Waals surface area contributed by atoms with E-state index >= 15 is 0 Å². The molecule has 4 aromatic rings. The van der Waals surface area contributed by atoms with Gasteiger partial charge in [-0.1, -0.05) is 35.5 Å². The molecule has 2 aromatic carbocycles. The van der Waals surface area contributed by atoms with Crippen LogP contribution in [-0.2, 0) is 13.0 Å². The van der Waals surface area contributed by atoms with Gasteiger partial charge in [-0.2, -0.15) is 0 Å². The van der Waals surface area contributed by atoms with Crippen LogP contribution in [0.2, 0.25) is 0 Å². The van der Waals surface area contributed by atoms with E-state index in [1.807, 2.05) is 12.1 Å². The Morgan fingerprint density at radius 2 is 1.85 bits per heavy atom. The largest absolute Gasteiger partial charge is 0.478 e. The Balaban J connectivity index is 1.04. The first-order chi connectivity index (χ1) is 19.4. The summed E-state index contributed by atoms with van der Waals surface area (Å²) in [5, 5.41) is 24.6. The van der Waals surface area contributed by atoms with Crippen LogP contribution in [0.5, 0.6) is 0 Å². The summed E-state index contributed by atoms with van der Waals surface area (Å²) in [6, 6.07) is 15.5. The highest BCUT2D eigenvalue weighted by Gasteiger charge is 2.47. The van der Waals surface area contributed by atoms with E-state index in [9.17, 15) is 15.0 Å². The van der Waals surface area contributed by atoms with E-state index in [1.54, 1.807) is 12.1 Å². The number of carboxylic acid groups (broad SMARTS) is 1. The van der Waals surface area contributed by atoms with Crippen molar-refractivity contribution < 1.29 is 19.5 Å². The maximum Gasteiger partial charge on any atom is 0.336 e. The van der Waals surface area contributed by atoms with Gasteiger partial charge < -0.3 is 19.6 Å². The van der Waals surface area contributed by atoms with E-state index in [0.717, 1.165) is 49.6 Å². The molecule has 2 aliphatic carbocycles. The molecule has 0 radical (unpaired) electrons. The number of piperidine rings is 1. The number of aromatic carboxylic acids is 1. The first-order valence-corrected chi connectivity index (χ1v) is 14.5. The van der Waals surface area contributed by atoms with Crippen molar-refractivity contribution in [2.75, 3.05) is 18.0 Å². The molecule has 2 saturated carbocycles. The molecule has 3 heterocycles. The van der Waals surface area contributed by atoms with E-state index in [4.69, 9.17) is 9.51 Å². The Morgan fingerprint density at radius 3 is 2.55 bits per heavy atom. The molecule has 206 valence electrons. The molecule has 7 rings (SSSR count). The molecule has 0 atom stereocenters. The summed E-state index contributed by atoms with van der Waals surface area (Å²) in [6.45, 7) is 3.86. The first kappa shape index (κ1) is 25.3. The number of nitrogens with zero attached hydrogens (tertiary/aromatic N) is 3. The highest BCUT2D eigenvalue weighted by Crippen LogP contribution is 2.55. The Morgan fingerprint density at radius 1 is 1.07 bits per heavy atom. The number of aliphatic hydroxyl groups is 1. The fourth-order valence-electron chi connectivity index (χ4n) is 7.21. The summed E-state index contributed by atoms with van der Waals surface area (Å²) in [5.41, 5.74) is 6.66. The second-order valence-corrected chi connectivity index (χ2v) is 12.2. The van der Waals surface area contributed by atoms with Gasteiger partial charge >= 0.3 is 5.97 Å². The molecule has 0 amide bonds. The molecule has 2 N–H and O–H groups in total. The summed E-state index contributed by atoms with van der Waals surface area (Å²) in [7, 11) is 0. The maximum atomic E-state index is 11.7. The van der Waals surface area contributed by atoms with Gasteiger partial charge in [0.15, 0.2) is 0 Å². The van der Waals surface area contributed by atoms with Gasteiger partial charge in [0.25, 0.3) is 0 Å². The van der Waals surface area contributed by atoms with Crippen molar-refractivity contribution >= 4 is 22.7 Å². The number of aryl methyl sites for hydroxylation is 1. The van der Waals surface area contributed by atoms with Gasteiger partial charge in [0.05, 0.1) is 17.7 Å². The van der Waals surface area contributed by atoms with Crippen molar-refractivity contribution in [1.29, 1.82) is 0 Å². The third-order valence-corrected chi connectivity index (χ3v) is 9.58. The predicted octanol–water partition coefficient (Wildman–Crippen LogP) is 6.51. The number of anilines is 1. The van der Waals surface area contributed by atoms with Crippen molar-refractivity contribution in [3.8, 4) is 11.3 Å². The second-order valence-electron chi connectivity index (χ2n) is 12.2. The van der Waals surface area contributed by atoms with Crippen LogP contribution in [-0.4, -0.2) is 39.4 Å². The fraction of sp³-hybridized carbons (Fsp3) is 0.424. The lowest BCUT2D eigenvalue weighted by molar-refractivity contribution is 0.0280. The molecule has 0 unspecified atom stereocenters. The molecule has 3 aliphatic rings. The monoisotopic (exact) mass is 537 g/mol. The third-order valence-electron chi connectivity index (χ3n) is 9.58. The highest BCUT2D eigenvalue weighted by atomic mass is 16.5. The van der Waals surface area contributed by atoms with Crippen LogP contribution < -0.4 is 4.90 Å². The Labute approximate surface area is 233 Å². The minimum absolute atomic E-state index is 0.169. The molecule has 7 nitrogen and oxygen atoms in total. The number of hydrogen-bond donors (Lipinski definition) is 2. The van der Waals surface area contributed by atoms with Crippen molar-refractivity contribution in [3.63, 3.8) is 0 Å². The molecular weight excluding hydrogens is 502 g/mol. The van der Waals surface area contributed by atoms with E-state index in [2.05, 4.69) is 41.2 Å². The van der Waals surface area contributed by atoms with E-state index in [0.29, 0.717) is 33.7 Å². The Bertz CT molecular complexity index is 1590. The zero-order valence-electron chi connectivity index (χ0n) is 22.9. The molecule has 2 aromatic heterocycles. The summed E-state index contributed by atoms with van der Waals surface area (Å²) < 4.78 is 5.95. The molecular formula is C33H35N3O4. The van der Waals surface area contributed by atoms with Crippen LogP contribution in [0.25, 0.3) is 22.2 Å². The number of rotatable bonds is 7. The van der Waals surface area contributed by atoms with Crippen molar-refractivity contribution in [3.05, 3.63) is 76.5 Å². The SMILES string of the molecule is Cc1ccccc1-c1noc(C2CC2)c1CC1CC2(CCN(c3ccc4c(C(=O)O)ccc(CO)c4n3)CC2)C1. The van der Waals surface area contributed by atoms with Crippen LogP contribution in [0.3, 0.4) is 0 Å². The van der Waals surface area contributed by atoms with E-state index in [-0.39, 0.29) is 12.2 Å². The molecule has 1 spiro atoms. The molecule has 3 fully saturated rings. The number of aromatic nitrogens is 2. The summed E-state index contributed by atoms with van der Waals surface area (Å²) in [4.78, 5) is 18.8. The molecule has 7 heteroatoms. The lowest BCUT2D eigenvalue weighted by Gasteiger charge is -2.52. The van der Waals surface area contributed by atoms with Gasteiger partial charge in [-0.3, -0.25) is 0 Å². The zero-order chi connectivity index (χ0) is 27.4. The van der Waals surface area contributed by atoms with Crippen LogP contribution >= 0.6 is 0 Å². The Kier molecular flexibility index (Phi) is 6.15. The predicted molar refractivity (Wildman–Crippen MR) is 154 cm³/mol. The Hall–Kier alpha value is -3.71. The molecule has 0 bridgehead atoms. The number of hydrogen-bond acceptors (Lipinski definition) is 6. The van der Waals surface area contributed by atoms with Gasteiger partial charge in [0.2, 0.25) is 0 Å². The van der Waals surface area contributed by atoms with Crippen LogP contribution in [0.4, 0.5) is 5.82 Å². The summed E-state index contributed by atoms with van der Waals surface area (Å²) >= 11 is 0. The average Bonchev–Trinajstić information content (AvgIpc) is 3.72. The van der Waals surface area contributed by atoms with Gasteiger partial charge in [0, 0.05) is 41.1 Å². The highest BCUT2D eigenvalue weighted by molar-refractivity contribution is 6.03. The minimum atomic E-state index is -0.982. The van der Waals surface area contributed by atoms with Crippen molar-refractivity contribution in [2.24, 2.45) is 11.3 Å². The van der Waals surface area contributed by atoms with Crippen LogP contribution in [0.15, 0.2) is 53.1 Å². The number of benzene rings is 2. The maximum absolute atomic E-state index is 11.7. The minimum Gasteiger partial charge on any atom is -0.478 e. The van der Waals surface area contributed by atoms with Gasteiger partial charge in [-0.05, 0) is 87.0 Å². The second kappa shape index (κ2) is 9.73. The summed E-state index contributed by atoms with van der Waals surface area (Å²) in [5.74, 6) is 2.21. The fourth-order valence-corrected chi connectivity index (χ4v) is 7.21. The van der Waals surface area contributed by atoms with Gasteiger partial charge in [-0.15, -0.1) is 0 Å². The van der Waals surface area contributed by atoms with Gasteiger partial charge in [-0.25, -0.2) is 9.78 Å². The number of pyridine rings is 1. The van der Waals surface area contributed by atoms with Crippen molar-refractivity contribution in [1.82, 2.24) is 10.1 Å². The smallest absolute Gasteiger partial charge is 0.336 e. The lowest BCUT2D eigenvalue weighted by Crippen LogP contribution is -2.47. The normalized spacial score (nSPS) is 18.8. The van der Waals surface area contributed by atoms with Crippen molar-refractivity contribution in [2.45, 2.75) is 64.4 Å². The summed E-state index contributed by atoms with van der Waals surface area (Å²) in [6.07, 6.45) is 8.22. The zero-order valence-corrected chi connectivity index (χ0v) is 22.9. The van der Waals surface area contributed by atoms with Crippen LogP contribution in [0, 0.1) is 18.3 Å². The number of carbonyl (C=O) groups is 1. The van der Waals surface area contributed by atoms with E-state index < -0.39 is 5.97 Å². The average molecular weight is 538 g/mol. The third kappa shape index (κ3) is 4.37. The van der Waals surface area contributed by atoms with E-state index in [1.165, 1.54) is 42.4 Å². The molecule has 40 heavy (non-hydrogen) atoms. The lowest BCUT2D eigenvalue weighted by atomic mass is 9.56. The van der Waals surface area contributed by atoms with Gasteiger partial charge in [0.1, 0.15) is 17.3 Å².